The van der Waals surface area contributed by atoms with E-state index in [0.29, 0.717) is 12.5 Å². The lowest BCUT2D eigenvalue weighted by atomic mass is 9.75. The second kappa shape index (κ2) is 5.01. The number of halogens is 1. The Kier molecular flexibility index (Phi) is 3.60. The summed E-state index contributed by atoms with van der Waals surface area (Å²) in [6.45, 7) is 7.27. The molecule has 20 heavy (non-hydrogen) atoms. The van der Waals surface area contributed by atoms with Crippen LogP contribution in [0.15, 0.2) is 24.3 Å². The van der Waals surface area contributed by atoms with E-state index in [9.17, 15) is 0 Å². The van der Waals surface area contributed by atoms with Crippen LogP contribution in [-0.2, 0) is 16.1 Å². The molecule has 110 valence electrons. The zero-order valence-electron chi connectivity index (χ0n) is 12.5. The lowest BCUT2D eigenvalue weighted by molar-refractivity contribution is -0.0959. The van der Waals surface area contributed by atoms with Gasteiger partial charge in [-0.3, -0.25) is 0 Å². The van der Waals surface area contributed by atoms with Crippen molar-refractivity contribution in [2.45, 2.75) is 63.9 Å². The maximum absolute atomic E-state index is 6.38. The highest BCUT2D eigenvalue weighted by atomic mass is 35.5. The molecule has 0 radical (unpaired) electrons. The lowest BCUT2D eigenvalue weighted by Gasteiger charge is -2.31. The molecule has 3 atom stereocenters. The van der Waals surface area contributed by atoms with E-state index in [2.05, 4.69) is 20.8 Å². The molecule has 1 aromatic rings. The number of hydrogen-bond donors (Lipinski definition) is 0. The molecule has 2 nitrogen and oxygen atoms in total. The predicted octanol–water partition coefficient (Wildman–Crippen LogP) is 4.59. The van der Waals surface area contributed by atoms with Gasteiger partial charge in [0.1, 0.15) is 0 Å². The Hall–Kier alpha value is -0.570. The zero-order valence-corrected chi connectivity index (χ0v) is 13.2. The molecule has 0 amide bonds. The Bertz CT molecular complexity index is 502. The SMILES string of the molecule is CC(C)C12CCC(C)(O1)C(OCc1ccccc1Cl)C2. The topological polar surface area (TPSA) is 18.5 Å². The molecule has 0 N–H and O–H groups in total. The summed E-state index contributed by atoms with van der Waals surface area (Å²) in [6, 6.07) is 7.88. The third kappa shape index (κ3) is 2.28. The van der Waals surface area contributed by atoms with Gasteiger partial charge in [-0.2, -0.15) is 0 Å². The highest BCUT2D eigenvalue weighted by molar-refractivity contribution is 6.31. The van der Waals surface area contributed by atoms with Crippen molar-refractivity contribution in [2.24, 2.45) is 5.92 Å². The smallest absolute Gasteiger partial charge is 0.0924 e. The molecule has 0 aliphatic carbocycles. The third-order valence-corrected chi connectivity index (χ3v) is 5.51. The number of benzene rings is 1. The second-order valence-corrected chi connectivity index (χ2v) is 7.14. The number of rotatable bonds is 4. The quantitative estimate of drug-likeness (QED) is 0.808. The van der Waals surface area contributed by atoms with Crippen LogP contribution < -0.4 is 0 Å². The van der Waals surface area contributed by atoms with Crippen LogP contribution in [0.4, 0.5) is 0 Å². The molecule has 2 aliphatic heterocycles. The van der Waals surface area contributed by atoms with Gasteiger partial charge in [0, 0.05) is 11.4 Å². The molecule has 3 rings (SSSR count). The van der Waals surface area contributed by atoms with E-state index in [0.717, 1.165) is 29.8 Å². The summed E-state index contributed by atoms with van der Waals surface area (Å²) in [5, 5.41) is 0.778. The predicted molar refractivity (Wildman–Crippen MR) is 80.9 cm³/mol. The van der Waals surface area contributed by atoms with Crippen LogP contribution in [0.1, 0.15) is 45.6 Å². The van der Waals surface area contributed by atoms with Gasteiger partial charge >= 0.3 is 0 Å². The lowest BCUT2D eigenvalue weighted by Crippen LogP contribution is -2.38. The van der Waals surface area contributed by atoms with Crippen LogP contribution in [0.25, 0.3) is 0 Å². The number of hydrogen-bond acceptors (Lipinski definition) is 2. The van der Waals surface area contributed by atoms with Gasteiger partial charge < -0.3 is 9.47 Å². The minimum atomic E-state index is -0.120. The van der Waals surface area contributed by atoms with Crippen molar-refractivity contribution in [3.05, 3.63) is 34.9 Å². The van der Waals surface area contributed by atoms with E-state index in [-0.39, 0.29) is 17.3 Å². The van der Waals surface area contributed by atoms with E-state index in [1.165, 1.54) is 0 Å². The van der Waals surface area contributed by atoms with Gasteiger partial charge in [0.05, 0.1) is 23.9 Å². The summed E-state index contributed by atoms with van der Waals surface area (Å²) < 4.78 is 12.6. The normalized spacial score (nSPS) is 36.0. The van der Waals surface area contributed by atoms with E-state index in [1.807, 2.05) is 24.3 Å². The average Bonchev–Trinajstić information content (AvgIpc) is 2.90. The van der Waals surface area contributed by atoms with Crippen molar-refractivity contribution in [1.29, 1.82) is 0 Å². The summed E-state index contributed by atoms with van der Waals surface area (Å²) in [5.41, 5.74) is 0.963. The molecular weight excluding hydrogens is 272 g/mol. The molecule has 2 aliphatic rings. The fraction of sp³-hybridized carbons (Fsp3) is 0.647. The van der Waals surface area contributed by atoms with Gasteiger partial charge in [0.2, 0.25) is 0 Å². The van der Waals surface area contributed by atoms with Gasteiger partial charge in [0.15, 0.2) is 0 Å². The minimum Gasteiger partial charge on any atom is -0.370 e. The fourth-order valence-electron chi connectivity index (χ4n) is 3.61. The number of ether oxygens (including phenoxy) is 2. The highest BCUT2D eigenvalue weighted by Crippen LogP contribution is 2.55. The Labute approximate surface area is 126 Å². The largest absolute Gasteiger partial charge is 0.370 e. The maximum atomic E-state index is 6.38. The van der Waals surface area contributed by atoms with Gasteiger partial charge in [-0.15, -0.1) is 0 Å². The molecule has 1 aromatic carbocycles. The van der Waals surface area contributed by atoms with E-state index in [4.69, 9.17) is 21.1 Å². The highest BCUT2D eigenvalue weighted by Gasteiger charge is 2.60. The van der Waals surface area contributed by atoms with Crippen molar-refractivity contribution < 1.29 is 9.47 Å². The zero-order chi connectivity index (χ0) is 14.4. The molecule has 2 heterocycles. The van der Waals surface area contributed by atoms with Crippen LogP contribution in [0.5, 0.6) is 0 Å². The van der Waals surface area contributed by atoms with Gasteiger partial charge in [-0.05, 0) is 37.3 Å². The summed E-state index contributed by atoms with van der Waals surface area (Å²) in [6.07, 6.45) is 3.44. The molecule has 0 saturated carbocycles. The van der Waals surface area contributed by atoms with E-state index < -0.39 is 0 Å². The molecule has 3 unspecified atom stereocenters. The number of fused-ring (bicyclic) bond motifs is 2. The molecule has 2 saturated heterocycles. The monoisotopic (exact) mass is 294 g/mol. The first kappa shape index (κ1) is 14.4. The maximum Gasteiger partial charge on any atom is 0.0924 e. The second-order valence-electron chi connectivity index (χ2n) is 6.73. The Balaban J connectivity index is 1.69. The molecule has 2 bridgehead atoms. The van der Waals surface area contributed by atoms with Crippen molar-refractivity contribution in [3.63, 3.8) is 0 Å². The molecule has 2 fully saturated rings. The van der Waals surface area contributed by atoms with Crippen LogP contribution in [0.2, 0.25) is 5.02 Å². The van der Waals surface area contributed by atoms with Crippen molar-refractivity contribution in [1.82, 2.24) is 0 Å². The first-order valence-corrected chi connectivity index (χ1v) is 7.88. The standard InChI is InChI=1S/C17H23ClO2/c1-12(2)17-9-8-16(3,20-17)15(10-17)19-11-13-6-4-5-7-14(13)18/h4-7,12,15H,8-11H2,1-3H3. The molecule has 0 aromatic heterocycles. The summed E-state index contributed by atoms with van der Waals surface area (Å²) in [4.78, 5) is 0. The van der Waals surface area contributed by atoms with Crippen molar-refractivity contribution in [3.8, 4) is 0 Å². The van der Waals surface area contributed by atoms with Gasteiger partial charge in [-0.1, -0.05) is 43.6 Å². The summed E-state index contributed by atoms with van der Waals surface area (Å²) in [7, 11) is 0. The van der Waals surface area contributed by atoms with Crippen molar-refractivity contribution >= 4 is 11.6 Å². The molecule has 3 heteroatoms. The van der Waals surface area contributed by atoms with Gasteiger partial charge in [0.25, 0.3) is 0 Å². The van der Waals surface area contributed by atoms with Gasteiger partial charge in [-0.25, -0.2) is 0 Å². The first-order chi connectivity index (χ1) is 9.45. The molecular formula is C17H23ClO2. The average molecular weight is 295 g/mol. The first-order valence-electron chi connectivity index (χ1n) is 7.50. The minimum absolute atomic E-state index is 0.0277. The molecule has 0 spiro atoms. The summed E-state index contributed by atoms with van der Waals surface area (Å²) in [5.74, 6) is 0.540. The van der Waals surface area contributed by atoms with E-state index in [1.54, 1.807) is 0 Å². The summed E-state index contributed by atoms with van der Waals surface area (Å²) >= 11 is 6.19. The van der Waals surface area contributed by atoms with Crippen LogP contribution in [0, 0.1) is 5.92 Å². The van der Waals surface area contributed by atoms with Crippen LogP contribution in [0.3, 0.4) is 0 Å². The van der Waals surface area contributed by atoms with Crippen LogP contribution >= 0.6 is 11.6 Å². The fourth-order valence-corrected chi connectivity index (χ4v) is 3.80. The van der Waals surface area contributed by atoms with Crippen molar-refractivity contribution in [2.75, 3.05) is 0 Å². The Morgan fingerprint density at radius 1 is 1.35 bits per heavy atom. The third-order valence-electron chi connectivity index (χ3n) is 5.14. The van der Waals surface area contributed by atoms with E-state index >= 15 is 0 Å². The Morgan fingerprint density at radius 3 is 2.75 bits per heavy atom. The van der Waals surface area contributed by atoms with Crippen LogP contribution in [-0.4, -0.2) is 17.3 Å². The Morgan fingerprint density at radius 2 is 2.10 bits per heavy atom.